The lowest BCUT2D eigenvalue weighted by Crippen LogP contribution is -2.46. The topological polar surface area (TPSA) is 91.6 Å². The van der Waals surface area contributed by atoms with E-state index in [2.05, 4.69) is 37.5 Å². The molecule has 0 aliphatic carbocycles. The van der Waals surface area contributed by atoms with Crippen LogP contribution in [0.15, 0.2) is 58.4 Å². The van der Waals surface area contributed by atoms with Crippen LogP contribution in [-0.2, 0) is 13.0 Å². The number of H-pyrrole nitrogens is 1. The average Bonchev–Trinajstić information content (AvgIpc) is 3.51. The molecule has 1 aliphatic rings. The van der Waals surface area contributed by atoms with Gasteiger partial charge in [0.1, 0.15) is 23.7 Å². The second-order valence-corrected chi connectivity index (χ2v) is 7.38. The lowest BCUT2D eigenvalue weighted by Gasteiger charge is -2.33. The molecule has 8 nitrogen and oxygen atoms in total. The van der Waals surface area contributed by atoms with Crippen LogP contribution in [0.4, 0.5) is 0 Å². The number of halogens is 1. The standard InChI is InChI=1S/C22H28N6O2.HI/c1-29-19-6-4-17(5-7-19)15-24-22(23-11-8-20-3-2-14-30-20)28-12-9-18(10-13-28)21-25-16-26-27-21;/h2-7,14,16,18H,8-13,15H2,1H3,(H,23,24)(H,25,26,27);1H. The van der Waals surface area contributed by atoms with Crippen LogP contribution < -0.4 is 10.1 Å². The van der Waals surface area contributed by atoms with Crippen molar-refractivity contribution in [1.82, 2.24) is 25.4 Å². The molecule has 31 heavy (non-hydrogen) atoms. The first-order valence-electron chi connectivity index (χ1n) is 10.4. The number of guanidine groups is 1. The van der Waals surface area contributed by atoms with Gasteiger partial charge in [-0.1, -0.05) is 12.1 Å². The molecule has 3 heterocycles. The summed E-state index contributed by atoms with van der Waals surface area (Å²) in [5.74, 6) is 4.18. The minimum atomic E-state index is 0. The number of piperidine rings is 1. The highest BCUT2D eigenvalue weighted by Crippen LogP contribution is 2.25. The van der Waals surface area contributed by atoms with Crippen molar-refractivity contribution in [3.63, 3.8) is 0 Å². The van der Waals surface area contributed by atoms with E-state index < -0.39 is 0 Å². The van der Waals surface area contributed by atoms with Crippen LogP contribution in [0.3, 0.4) is 0 Å². The van der Waals surface area contributed by atoms with Gasteiger partial charge in [-0.2, -0.15) is 5.10 Å². The largest absolute Gasteiger partial charge is 0.497 e. The van der Waals surface area contributed by atoms with Crippen molar-refractivity contribution in [3.05, 3.63) is 66.1 Å². The Balaban J connectivity index is 0.00000272. The van der Waals surface area contributed by atoms with Gasteiger partial charge in [-0.15, -0.1) is 24.0 Å². The normalized spacial score (nSPS) is 14.9. The van der Waals surface area contributed by atoms with Crippen molar-refractivity contribution in [2.75, 3.05) is 26.7 Å². The monoisotopic (exact) mass is 536 g/mol. The van der Waals surface area contributed by atoms with E-state index in [9.17, 15) is 0 Å². The minimum absolute atomic E-state index is 0. The van der Waals surface area contributed by atoms with Crippen LogP contribution in [0.2, 0.25) is 0 Å². The Morgan fingerprint density at radius 1 is 1.26 bits per heavy atom. The first kappa shape index (κ1) is 23.1. The maximum Gasteiger partial charge on any atom is 0.194 e. The van der Waals surface area contributed by atoms with E-state index in [1.54, 1.807) is 19.7 Å². The summed E-state index contributed by atoms with van der Waals surface area (Å²) >= 11 is 0. The van der Waals surface area contributed by atoms with E-state index in [0.717, 1.165) is 67.8 Å². The Hall–Kier alpha value is -2.56. The van der Waals surface area contributed by atoms with E-state index in [1.165, 1.54) is 0 Å². The van der Waals surface area contributed by atoms with Crippen molar-refractivity contribution in [2.45, 2.75) is 31.7 Å². The fourth-order valence-electron chi connectivity index (χ4n) is 3.69. The molecule has 0 saturated carbocycles. The number of hydrogen-bond donors (Lipinski definition) is 2. The smallest absolute Gasteiger partial charge is 0.194 e. The molecule has 0 radical (unpaired) electrons. The van der Waals surface area contributed by atoms with Gasteiger partial charge >= 0.3 is 0 Å². The van der Waals surface area contributed by atoms with Gasteiger partial charge in [0.2, 0.25) is 0 Å². The first-order valence-corrected chi connectivity index (χ1v) is 10.4. The zero-order chi connectivity index (χ0) is 20.6. The number of aliphatic imine (C=N–C) groups is 1. The Morgan fingerprint density at radius 2 is 2.06 bits per heavy atom. The first-order chi connectivity index (χ1) is 14.8. The third-order valence-electron chi connectivity index (χ3n) is 5.42. The van der Waals surface area contributed by atoms with Crippen molar-refractivity contribution in [2.24, 2.45) is 4.99 Å². The van der Waals surface area contributed by atoms with E-state index in [0.29, 0.717) is 12.5 Å². The quantitative estimate of drug-likeness (QED) is 0.273. The number of hydrogen-bond acceptors (Lipinski definition) is 5. The molecule has 1 aliphatic heterocycles. The number of nitrogens with one attached hydrogen (secondary N) is 2. The number of benzene rings is 1. The number of aromatic amines is 1. The van der Waals surface area contributed by atoms with E-state index in [1.807, 2.05) is 24.3 Å². The van der Waals surface area contributed by atoms with Gasteiger partial charge in [0, 0.05) is 32.0 Å². The average molecular weight is 536 g/mol. The van der Waals surface area contributed by atoms with Crippen LogP contribution in [0.5, 0.6) is 5.75 Å². The number of aromatic nitrogens is 3. The van der Waals surface area contributed by atoms with Gasteiger partial charge in [0.05, 0.1) is 19.9 Å². The molecule has 1 aromatic carbocycles. The molecule has 2 aromatic heterocycles. The molecule has 9 heteroatoms. The van der Waals surface area contributed by atoms with Crippen LogP contribution >= 0.6 is 24.0 Å². The maximum atomic E-state index is 5.45. The molecule has 166 valence electrons. The fraction of sp³-hybridized carbons (Fsp3) is 0.409. The predicted molar refractivity (Wildman–Crippen MR) is 130 cm³/mol. The zero-order valence-electron chi connectivity index (χ0n) is 17.7. The molecular formula is C22H29IN6O2. The fourth-order valence-corrected chi connectivity index (χ4v) is 3.69. The highest BCUT2D eigenvalue weighted by molar-refractivity contribution is 14.0. The molecule has 0 bridgehead atoms. The Kier molecular flexibility index (Phi) is 8.74. The van der Waals surface area contributed by atoms with E-state index >= 15 is 0 Å². The Morgan fingerprint density at radius 3 is 2.71 bits per heavy atom. The lowest BCUT2D eigenvalue weighted by molar-refractivity contribution is 0.298. The lowest BCUT2D eigenvalue weighted by atomic mass is 9.96. The van der Waals surface area contributed by atoms with E-state index in [4.69, 9.17) is 14.1 Å². The van der Waals surface area contributed by atoms with E-state index in [-0.39, 0.29) is 24.0 Å². The van der Waals surface area contributed by atoms with Gasteiger partial charge in [-0.25, -0.2) is 9.98 Å². The number of nitrogens with zero attached hydrogens (tertiary/aromatic N) is 4. The summed E-state index contributed by atoms with van der Waals surface area (Å²) in [6.07, 6.45) is 6.16. The number of likely N-dealkylation sites (tertiary alicyclic amines) is 1. The minimum Gasteiger partial charge on any atom is -0.497 e. The highest BCUT2D eigenvalue weighted by atomic mass is 127. The van der Waals surface area contributed by atoms with Gasteiger partial charge in [-0.05, 0) is 42.7 Å². The molecule has 1 saturated heterocycles. The van der Waals surface area contributed by atoms with Gasteiger partial charge in [0.15, 0.2) is 5.96 Å². The molecule has 0 atom stereocenters. The van der Waals surface area contributed by atoms with Crippen LogP contribution in [0.25, 0.3) is 0 Å². The Bertz CT molecular complexity index is 904. The summed E-state index contributed by atoms with van der Waals surface area (Å²) in [4.78, 5) is 11.6. The molecule has 2 N–H and O–H groups in total. The second-order valence-electron chi connectivity index (χ2n) is 7.38. The second kappa shape index (κ2) is 11.7. The third kappa shape index (κ3) is 6.46. The zero-order valence-corrected chi connectivity index (χ0v) is 20.0. The summed E-state index contributed by atoms with van der Waals surface area (Å²) < 4.78 is 10.7. The van der Waals surface area contributed by atoms with Crippen molar-refractivity contribution in [1.29, 1.82) is 0 Å². The SMILES string of the molecule is COc1ccc(CN=C(NCCc2ccco2)N2CCC(c3ncn[nH]3)CC2)cc1.I. The van der Waals surface area contributed by atoms with Crippen molar-refractivity contribution in [3.8, 4) is 5.75 Å². The summed E-state index contributed by atoms with van der Waals surface area (Å²) in [6.45, 7) is 3.26. The summed E-state index contributed by atoms with van der Waals surface area (Å²) in [5, 5.41) is 10.5. The van der Waals surface area contributed by atoms with Crippen LogP contribution in [-0.4, -0.2) is 52.8 Å². The summed E-state index contributed by atoms with van der Waals surface area (Å²) in [5.41, 5.74) is 1.15. The van der Waals surface area contributed by atoms with Crippen molar-refractivity contribution >= 4 is 29.9 Å². The molecular weight excluding hydrogens is 507 g/mol. The number of methoxy groups -OCH3 is 1. The predicted octanol–water partition coefficient (Wildman–Crippen LogP) is 3.59. The highest BCUT2D eigenvalue weighted by Gasteiger charge is 2.24. The van der Waals surface area contributed by atoms with Crippen LogP contribution in [0.1, 0.15) is 35.9 Å². The third-order valence-corrected chi connectivity index (χ3v) is 5.42. The van der Waals surface area contributed by atoms with Gasteiger partial charge in [-0.3, -0.25) is 5.10 Å². The Labute approximate surface area is 199 Å². The van der Waals surface area contributed by atoms with Gasteiger partial charge in [0.25, 0.3) is 0 Å². The molecule has 3 aromatic rings. The maximum absolute atomic E-state index is 5.45. The molecule has 1 fully saturated rings. The number of furan rings is 1. The summed E-state index contributed by atoms with van der Waals surface area (Å²) in [7, 11) is 1.68. The molecule has 0 spiro atoms. The molecule has 4 rings (SSSR count). The molecule has 0 amide bonds. The number of ether oxygens (including phenoxy) is 1. The van der Waals surface area contributed by atoms with Crippen LogP contribution in [0, 0.1) is 0 Å². The number of rotatable bonds is 7. The van der Waals surface area contributed by atoms with Gasteiger partial charge < -0.3 is 19.4 Å². The summed E-state index contributed by atoms with van der Waals surface area (Å²) in [6, 6.07) is 12.0. The van der Waals surface area contributed by atoms with Crippen molar-refractivity contribution < 1.29 is 9.15 Å². The molecule has 0 unspecified atom stereocenters.